The van der Waals surface area contributed by atoms with Crippen LogP contribution < -0.4 is 4.90 Å². The molecule has 0 spiro atoms. The van der Waals surface area contributed by atoms with E-state index in [0.717, 1.165) is 6.42 Å². The number of nitrogens with zero attached hydrogens (tertiary/aromatic N) is 1. The van der Waals surface area contributed by atoms with Crippen LogP contribution in [0.3, 0.4) is 0 Å². The van der Waals surface area contributed by atoms with Gasteiger partial charge in [0.15, 0.2) is 6.10 Å². The number of halogens is 2. The molecule has 1 saturated heterocycles. The number of fused-ring (bicyclic) bond motifs is 1. The molecule has 3 aromatic carbocycles. The van der Waals surface area contributed by atoms with Crippen LogP contribution in [0.4, 0.5) is 5.69 Å². The zero-order valence-corrected chi connectivity index (χ0v) is 22.6. The van der Waals surface area contributed by atoms with E-state index in [9.17, 15) is 19.2 Å². The number of Topliss-reactive ketones (excluding diaryl/α,β-unsaturated/α-hetero) is 1. The molecule has 1 saturated carbocycles. The van der Waals surface area contributed by atoms with Crippen LogP contribution in [0.2, 0.25) is 5.02 Å². The first-order chi connectivity index (χ1) is 18.9. The summed E-state index contributed by atoms with van der Waals surface area (Å²) < 4.78 is 5.51. The van der Waals surface area contributed by atoms with E-state index in [0.29, 0.717) is 29.1 Å². The Morgan fingerprint density at radius 1 is 0.846 bits per heavy atom. The minimum absolute atomic E-state index is 0.128. The quantitative estimate of drug-likeness (QED) is 0.136. The smallest absolute Gasteiger partial charge is 0.338 e. The Morgan fingerprint density at radius 3 is 2.15 bits per heavy atom. The van der Waals surface area contributed by atoms with Crippen LogP contribution in [0.1, 0.15) is 57.9 Å². The monoisotopic (exact) mass is 563 g/mol. The number of esters is 1. The van der Waals surface area contributed by atoms with Crippen molar-refractivity contribution >= 4 is 52.5 Å². The van der Waals surface area contributed by atoms with Gasteiger partial charge in [0.05, 0.1) is 23.1 Å². The highest BCUT2D eigenvalue weighted by Gasteiger charge is 2.50. The third kappa shape index (κ3) is 5.63. The van der Waals surface area contributed by atoms with Gasteiger partial charge in [-0.25, -0.2) is 4.79 Å². The van der Waals surface area contributed by atoms with Crippen LogP contribution in [-0.2, 0) is 14.3 Å². The SMILES string of the molecule is O=C(O[C@@H](CCCl)C(=O)c1ccc(Cl)cc1)c1ccc(N2C(=O)[C@@H]3CC[C@@H](c4ccccc4)C[C@H]3C2=O)cc1. The second kappa shape index (κ2) is 11.7. The second-order valence-electron chi connectivity index (χ2n) is 9.94. The summed E-state index contributed by atoms with van der Waals surface area (Å²) >= 11 is 11.8. The molecule has 1 aliphatic heterocycles. The Morgan fingerprint density at radius 2 is 1.49 bits per heavy atom. The summed E-state index contributed by atoms with van der Waals surface area (Å²) in [4.78, 5) is 53.6. The maximum atomic E-state index is 13.3. The van der Waals surface area contributed by atoms with Crippen molar-refractivity contribution in [3.8, 4) is 0 Å². The summed E-state index contributed by atoms with van der Waals surface area (Å²) in [7, 11) is 0. The van der Waals surface area contributed by atoms with Crippen LogP contribution in [0, 0.1) is 11.8 Å². The van der Waals surface area contributed by atoms with E-state index in [1.807, 2.05) is 18.2 Å². The zero-order valence-electron chi connectivity index (χ0n) is 21.1. The summed E-state index contributed by atoms with van der Waals surface area (Å²) in [6.45, 7) is 0. The van der Waals surface area contributed by atoms with E-state index in [4.69, 9.17) is 27.9 Å². The Labute approximate surface area is 236 Å². The number of rotatable bonds is 8. The lowest BCUT2D eigenvalue weighted by Gasteiger charge is -2.28. The summed E-state index contributed by atoms with van der Waals surface area (Å²) in [5.74, 6) is -1.76. The molecule has 1 aliphatic carbocycles. The van der Waals surface area contributed by atoms with E-state index in [2.05, 4.69) is 12.1 Å². The Hall–Kier alpha value is -3.48. The van der Waals surface area contributed by atoms with Crippen molar-refractivity contribution in [2.24, 2.45) is 11.8 Å². The minimum atomic E-state index is -1.06. The van der Waals surface area contributed by atoms with E-state index in [-0.39, 0.29) is 53.2 Å². The average Bonchev–Trinajstić information content (AvgIpc) is 3.22. The van der Waals surface area contributed by atoms with Crippen molar-refractivity contribution < 1.29 is 23.9 Å². The van der Waals surface area contributed by atoms with Gasteiger partial charge in [0.25, 0.3) is 0 Å². The van der Waals surface area contributed by atoms with Gasteiger partial charge in [0, 0.05) is 22.9 Å². The fourth-order valence-corrected chi connectivity index (χ4v) is 5.87. The number of carbonyl (C=O) groups excluding carboxylic acids is 4. The number of amides is 2. The first-order valence-corrected chi connectivity index (χ1v) is 13.9. The number of ether oxygens (including phenoxy) is 1. The highest BCUT2D eigenvalue weighted by Crippen LogP contribution is 2.45. The number of benzene rings is 3. The number of carbonyl (C=O) groups is 4. The standard InChI is InChI=1S/C31H27Cl2NO5/c32-17-16-27(28(35)20-6-11-23(33)12-7-20)39-31(38)21-8-13-24(14-9-21)34-29(36)25-15-10-22(18-26(25)30(34)37)19-4-2-1-3-5-19/h1-9,11-14,22,25-27H,10,15-18H2/t22-,25-,26-,27+/m1/s1. The first-order valence-electron chi connectivity index (χ1n) is 13.0. The molecule has 39 heavy (non-hydrogen) atoms. The number of alkyl halides is 1. The summed E-state index contributed by atoms with van der Waals surface area (Å²) in [5.41, 5.74) is 2.17. The third-order valence-corrected chi connectivity index (χ3v) is 8.07. The van der Waals surface area contributed by atoms with Crippen LogP contribution in [0.5, 0.6) is 0 Å². The molecule has 0 aromatic heterocycles. The molecule has 2 fully saturated rings. The molecule has 5 rings (SSSR count). The van der Waals surface area contributed by atoms with Crippen molar-refractivity contribution in [2.75, 3.05) is 10.8 Å². The van der Waals surface area contributed by atoms with E-state index in [1.165, 1.54) is 22.6 Å². The molecule has 2 amide bonds. The highest BCUT2D eigenvalue weighted by molar-refractivity contribution is 6.30. The van der Waals surface area contributed by atoms with Crippen LogP contribution >= 0.6 is 23.2 Å². The maximum Gasteiger partial charge on any atom is 0.338 e. The molecule has 3 aromatic rings. The number of imide groups is 1. The molecule has 1 heterocycles. The summed E-state index contributed by atoms with van der Waals surface area (Å²) in [6.07, 6.45) is 1.26. The van der Waals surface area contributed by atoms with Gasteiger partial charge >= 0.3 is 5.97 Å². The molecule has 8 heteroatoms. The fraction of sp³-hybridized carbons (Fsp3) is 0.290. The predicted octanol–water partition coefficient (Wildman–Crippen LogP) is 6.45. The van der Waals surface area contributed by atoms with Gasteiger partial charge in [0.2, 0.25) is 17.6 Å². The summed E-state index contributed by atoms with van der Waals surface area (Å²) in [6, 6.07) is 22.5. The molecular weight excluding hydrogens is 537 g/mol. The van der Waals surface area contributed by atoms with Crippen LogP contribution in [0.25, 0.3) is 0 Å². The molecule has 0 N–H and O–H groups in total. The van der Waals surface area contributed by atoms with Crippen LogP contribution in [0.15, 0.2) is 78.9 Å². The molecule has 0 bridgehead atoms. The van der Waals surface area contributed by atoms with Gasteiger partial charge < -0.3 is 4.74 Å². The molecule has 2 aliphatic rings. The van der Waals surface area contributed by atoms with E-state index < -0.39 is 12.1 Å². The Balaban J connectivity index is 1.27. The Bertz CT molecular complexity index is 1370. The van der Waals surface area contributed by atoms with Gasteiger partial charge in [-0.3, -0.25) is 19.3 Å². The topological polar surface area (TPSA) is 80.8 Å². The lowest BCUT2D eigenvalue weighted by Crippen LogP contribution is -2.31. The van der Waals surface area contributed by atoms with Gasteiger partial charge in [-0.2, -0.15) is 0 Å². The van der Waals surface area contributed by atoms with Crippen molar-refractivity contribution in [2.45, 2.75) is 37.7 Å². The number of ketones is 1. The molecule has 4 atom stereocenters. The van der Waals surface area contributed by atoms with Gasteiger partial charge in [-0.05, 0) is 79.3 Å². The molecule has 200 valence electrons. The van der Waals surface area contributed by atoms with E-state index in [1.54, 1.807) is 36.4 Å². The first kappa shape index (κ1) is 27.1. The normalized spacial score (nSPS) is 21.4. The lowest BCUT2D eigenvalue weighted by atomic mass is 9.73. The zero-order chi connectivity index (χ0) is 27.5. The molecule has 0 unspecified atom stereocenters. The largest absolute Gasteiger partial charge is 0.450 e. The maximum absolute atomic E-state index is 13.3. The predicted molar refractivity (Wildman–Crippen MR) is 149 cm³/mol. The third-order valence-electron chi connectivity index (χ3n) is 7.60. The minimum Gasteiger partial charge on any atom is -0.450 e. The molecular formula is C31H27Cl2NO5. The van der Waals surface area contributed by atoms with Crippen LogP contribution in [-0.4, -0.2) is 35.6 Å². The summed E-state index contributed by atoms with van der Waals surface area (Å²) in [5, 5.41) is 0.489. The van der Waals surface area contributed by atoms with E-state index >= 15 is 0 Å². The fourth-order valence-electron chi connectivity index (χ4n) is 5.55. The van der Waals surface area contributed by atoms with Crippen molar-refractivity contribution in [1.82, 2.24) is 0 Å². The lowest BCUT2D eigenvalue weighted by molar-refractivity contribution is -0.122. The van der Waals surface area contributed by atoms with Gasteiger partial charge in [-0.15, -0.1) is 11.6 Å². The molecule has 6 nitrogen and oxygen atoms in total. The highest BCUT2D eigenvalue weighted by atomic mass is 35.5. The van der Waals surface area contributed by atoms with Gasteiger partial charge in [-0.1, -0.05) is 41.9 Å². The second-order valence-corrected chi connectivity index (χ2v) is 10.7. The average molecular weight is 564 g/mol. The van der Waals surface area contributed by atoms with Crippen molar-refractivity contribution in [3.05, 3.63) is 101 Å². The Kier molecular flexibility index (Phi) is 8.15. The molecule has 0 radical (unpaired) electrons. The van der Waals surface area contributed by atoms with Gasteiger partial charge in [0.1, 0.15) is 0 Å². The van der Waals surface area contributed by atoms with Crippen molar-refractivity contribution in [1.29, 1.82) is 0 Å². The number of hydrogen-bond donors (Lipinski definition) is 0. The van der Waals surface area contributed by atoms with Crippen molar-refractivity contribution in [3.63, 3.8) is 0 Å². The number of anilines is 1. The number of hydrogen-bond acceptors (Lipinski definition) is 5.